The molecule has 35 heavy (non-hydrogen) atoms. The van der Waals surface area contributed by atoms with Crippen molar-refractivity contribution in [1.82, 2.24) is 20.0 Å². The van der Waals surface area contributed by atoms with Gasteiger partial charge >= 0.3 is 6.18 Å². The van der Waals surface area contributed by atoms with Gasteiger partial charge in [-0.15, -0.1) is 0 Å². The lowest BCUT2D eigenvalue weighted by Gasteiger charge is -2.14. The minimum Gasteiger partial charge on any atom is -0.395 e. The number of carbonyl (C=O) groups is 2. The third kappa shape index (κ3) is 5.69. The Balaban J connectivity index is 1.54. The number of imide groups is 1. The van der Waals surface area contributed by atoms with Gasteiger partial charge in [0.25, 0.3) is 11.1 Å². The second kappa shape index (κ2) is 10.4. The molecule has 1 aromatic heterocycles. The van der Waals surface area contributed by atoms with E-state index in [9.17, 15) is 22.8 Å². The smallest absolute Gasteiger partial charge is 0.395 e. The summed E-state index contributed by atoms with van der Waals surface area (Å²) in [5.41, 5.74) is 0.502. The largest absolute Gasteiger partial charge is 0.416 e. The molecule has 1 saturated heterocycles. The van der Waals surface area contributed by atoms with Crippen LogP contribution in [0.25, 0.3) is 17.0 Å². The molecule has 0 unspecified atom stereocenters. The molecule has 1 aliphatic rings. The van der Waals surface area contributed by atoms with Gasteiger partial charge in [0, 0.05) is 30.0 Å². The second-order valence-corrected chi connectivity index (χ2v) is 9.16. The zero-order valence-corrected chi connectivity index (χ0v) is 19.8. The first kappa shape index (κ1) is 25.2. The molecule has 3 aromatic rings. The number of hydrogen-bond donors (Lipinski definition) is 2. The van der Waals surface area contributed by atoms with Crippen LogP contribution in [0.5, 0.6) is 0 Å². The van der Waals surface area contributed by atoms with Gasteiger partial charge in [-0.25, -0.2) is 0 Å². The highest BCUT2D eigenvalue weighted by Crippen LogP contribution is 2.35. The van der Waals surface area contributed by atoms with Gasteiger partial charge in [-0.1, -0.05) is 23.7 Å². The van der Waals surface area contributed by atoms with Gasteiger partial charge in [0.1, 0.15) is 0 Å². The summed E-state index contributed by atoms with van der Waals surface area (Å²) < 4.78 is 41.8. The molecule has 0 spiro atoms. The molecular formula is C23H20ClF3N4O3S. The summed E-state index contributed by atoms with van der Waals surface area (Å²) in [6.45, 7) is 0.802. The Morgan fingerprint density at radius 3 is 2.69 bits per heavy atom. The Kier molecular flexibility index (Phi) is 7.50. The highest BCUT2D eigenvalue weighted by Gasteiger charge is 2.35. The number of hydrogen-bond acceptors (Lipinski definition) is 6. The first-order chi connectivity index (χ1) is 16.7. The predicted octanol–water partition coefficient (Wildman–Crippen LogP) is 4.38. The number of nitrogens with one attached hydrogen (secondary N) is 1. The van der Waals surface area contributed by atoms with Crippen molar-refractivity contribution in [3.05, 3.63) is 69.2 Å². The van der Waals surface area contributed by atoms with Crippen LogP contribution in [0.4, 0.5) is 18.0 Å². The molecule has 0 atom stereocenters. The van der Waals surface area contributed by atoms with E-state index in [4.69, 9.17) is 16.7 Å². The van der Waals surface area contributed by atoms with E-state index >= 15 is 0 Å². The molecule has 0 aliphatic carbocycles. The Labute approximate surface area is 207 Å². The molecule has 12 heteroatoms. The van der Waals surface area contributed by atoms with Crippen molar-refractivity contribution in [2.75, 3.05) is 26.2 Å². The molecule has 2 heterocycles. The van der Waals surface area contributed by atoms with E-state index in [1.807, 2.05) is 0 Å². The van der Waals surface area contributed by atoms with Crippen molar-refractivity contribution in [2.24, 2.45) is 0 Å². The van der Waals surface area contributed by atoms with Gasteiger partial charge in [0.05, 0.1) is 35.3 Å². The van der Waals surface area contributed by atoms with Crippen molar-refractivity contribution < 1.29 is 27.9 Å². The van der Waals surface area contributed by atoms with E-state index in [2.05, 4.69) is 10.4 Å². The molecule has 184 valence electrons. The van der Waals surface area contributed by atoms with Crippen molar-refractivity contribution in [3.63, 3.8) is 0 Å². The van der Waals surface area contributed by atoms with Crippen molar-refractivity contribution in [2.45, 2.75) is 12.7 Å². The number of carbonyl (C=O) groups excluding carboxylic acids is 2. The Morgan fingerprint density at radius 1 is 1.14 bits per heavy atom. The van der Waals surface area contributed by atoms with E-state index in [1.54, 1.807) is 24.3 Å². The molecule has 0 saturated carbocycles. The first-order valence-electron chi connectivity index (χ1n) is 10.6. The minimum absolute atomic E-state index is 0.00174. The zero-order valence-electron chi connectivity index (χ0n) is 18.2. The van der Waals surface area contributed by atoms with Crippen LogP contribution in [0.2, 0.25) is 5.02 Å². The Bertz CT molecular complexity index is 1310. The monoisotopic (exact) mass is 524 g/mol. The van der Waals surface area contributed by atoms with Crippen molar-refractivity contribution >= 4 is 51.5 Å². The lowest BCUT2D eigenvalue weighted by Crippen LogP contribution is -2.35. The molecule has 2 aromatic carbocycles. The SMILES string of the molecule is O=C1SC(=Cc2ccc3c(cnn3Cc3ccc(Cl)cc3C(F)(F)F)c2)C(=O)N1CCNCCO. The van der Waals surface area contributed by atoms with E-state index in [-0.39, 0.29) is 40.4 Å². The standard InChI is InChI=1S/C23H20ClF3N4O3S/c24-17-3-2-15(18(11-17)23(25,26)27)13-31-19-4-1-14(9-16(19)12-29-31)10-20-21(33)30(22(34)35-20)7-5-28-6-8-32/h1-4,9-12,28,32H,5-8,13H2. The van der Waals surface area contributed by atoms with E-state index in [1.165, 1.54) is 23.0 Å². The van der Waals surface area contributed by atoms with Gasteiger partial charge in [-0.05, 0) is 53.2 Å². The summed E-state index contributed by atoms with van der Waals surface area (Å²) in [6.07, 6.45) is -1.41. The summed E-state index contributed by atoms with van der Waals surface area (Å²) in [5, 5.41) is 16.3. The molecule has 2 amide bonds. The summed E-state index contributed by atoms with van der Waals surface area (Å²) >= 11 is 6.60. The lowest BCUT2D eigenvalue weighted by atomic mass is 10.1. The maximum Gasteiger partial charge on any atom is 0.416 e. The average Bonchev–Trinajstić information content (AvgIpc) is 3.32. The van der Waals surface area contributed by atoms with Gasteiger partial charge in [0.2, 0.25) is 0 Å². The minimum atomic E-state index is -4.55. The Hall–Kier alpha value is -2.86. The number of rotatable bonds is 8. The van der Waals surface area contributed by atoms with Crippen LogP contribution in [-0.4, -0.2) is 57.2 Å². The fourth-order valence-electron chi connectivity index (χ4n) is 3.67. The van der Waals surface area contributed by atoms with E-state index in [0.29, 0.717) is 29.6 Å². The number of fused-ring (bicyclic) bond motifs is 1. The maximum absolute atomic E-state index is 13.4. The van der Waals surface area contributed by atoms with Crippen LogP contribution in [0.3, 0.4) is 0 Å². The first-order valence-corrected chi connectivity index (χ1v) is 11.7. The van der Waals surface area contributed by atoms with Gasteiger partial charge in [0.15, 0.2) is 0 Å². The number of alkyl halides is 3. The zero-order chi connectivity index (χ0) is 25.2. The van der Waals surface area contributed by atoms with E-state index < -0.39 is 17.6 Å². The highest BCUT2D eigenvalue weighted by molar-refractivity contribution is 8.18. The van der Waals surface area contributed by atoms with Crippen LogP contribution in [0, 0.1) is 0 Å². The quantitative estimate of drug-likeness (QED) is 0.336. The molecule has 1 aliphatic heterocycles. The van der Waals surface area contributed by atoms with Crippen LogP contribution in [0.15, 0.2) is 47.5 Å². The topological polar surface area (TPSA) is 87.5 Å². The summed E-state index contributed by atoms with van der Waals surface area (Å²) in [6, 6.07) is 8.82. The number of aliphatic hydroxyl groups excluding tert-OH is 1. The molecule has 1 fully saturated rings. The maximum atomic E-state index is 13.4. The number of aromatic nitrogens is 2. The molecule has 2 N–H and O–H groups in total. The third-order valence-corrected chi connectivity index (χ3v) is 6.48. The van der Waals surface area contributed by atoms with Gasteiger partial charge in [-0.2, -0.15) is 18.3 Å². The summed E-state index contributed by atoms with van der Waals surface area (Å²) in [4.78, 5) is 26.2. The molecule has 7 nitrogen and oxygen atoms in total. The Morgan fingerprint density at radius 2 is 1.94 bits per heavy atom. The fraction of sp³-hybridized carbons (Fsp3) is 0.261. The lowest BCUT2D eigenvalue weighted by molar-refractivity contribution is -0.138. The van der Waals surface area contributed by atoms with Crippen LogP contribution >= 0.6 is 23.4 Å². The number of benzene rings is 2. The third-order valence-electron chi connectivity index (χ3n) is 5.34. The van der Waals surface area contributed by atoms with Crippen LogP contribution in [0.1, 0.15) is 16.7 Å². The molecular weight excluding hydrogens is 505 g/mol. The predicted molar refractivity (Wildman–Crippen MR) is 128 cm³/mol. The van der Waals surface area contributed by atoms with Gasteiger partial charge in [-0.3, -0.25) is 19.2 Å². The summed E-state index contributed by atoms with van der Waals surface area (Å²) in [7, 11) is 0. The number of halogens is 4. The molecule has 0 bridgehead atoms. The molecule has 4 rings (SSSR count). The average molecular weight is 525 g/mol. The van der Waals surface area contributed by atoms with Gasteiger partial charge < -0.3 is 10.4 Å². The van der Waals surface area contributed by atoms with Crippen molar-refractivity contribution in [3.8, 4) is 0 Å². The fourth-order valence-corrected chi connectivity index (χ4v) is 4.71. The number of amides is 2. The van der Waals surface area contributed by atoms with E-state index in [0.717, 1.165) is 22.7 Å². The van der Waals surface area contributed by atoms with Crippen molar-refractivity contribution in [1.29, 1.82) is 0 Å². The van der Waals surface area contributed by atoms with Crippen LogP contribution < -0.4 is 5.32 Å². The highest BCUT2D eigenvalue weighted by atomic mass is 35.5. The normalized spacial score (nSPS) is 15.7. The number of nitrogens with zero attached hydrogens (tertiary/aromatic N) is 3. The number of thioether (sulfide) groups is 1. The van der Waals surface area contributed by atoms with Crippen LogP contribution in [-0.2, 0) is 17.5 Å². The number of aliphatic hydroxyl groups is 1. The summed E-state index contributed by atoms with van der Waals surface area (Å²) in [5.74, 6) is -0.399. The second-order valence-electron chi connectivity index (χ2n) is 7.73. The molecule has 0 radical (unpaired) electrons.